The first-order valence-electron chi connectivity index (χ1n) is 43.1. The topological polar surface area (TPSA) is 264 Å². The Kier molecular flexibility index (Phi) is 60.5. The zero-order chi connectivity index (χ0) is 84.0. The number of hydrogen-bond donors (Lipinski definition) is 4. The number of aliphatic hydroxyl groups excluding tert-OH is 4. The van der Waals surface area contributed by atoms with Crippen LogP contribution in [0.15, 0.2) is 121 Å². The minimum absolute atomic E-state index is 0. The van der Waals surface area contributed by atoms with Crippen molar-refractivity contribution in [3.63, 3.8) is 0 Å². The van der Waals surface area contributed by atoms with Gasteiger partial charge in [0.05, 0.1) is 94.1 Å². The Bertz CT molecular complexity index is 3090. The molecule has 9 rings (SSSR count). The van der Waals surface area contributed by atoms with Crippen molar-refractivity contribution in [2.45, 2.75) is 295 Å². The van der Waals surface area contributed by atoms with Crippen molar-refractivity contribution in [3.05, 3.63) is 155 Å². The van der Waals surface area contributed by atoms with Crippen LogP contribution < -0.4 is 0 Å². The Morgan fingerprint density at radius 1 is 0.466 bits per heavy atom. The molecule has 3 heterocycles. The smallest absolute Gasteiger partial charge is 0.355 e. The van der Waals surface area contributed by atoms with Crippen molar-refractivity contribution in [1.82, 2.24) is 0 Å². The molecule has 116 heavy (non-hydrogen) atoms. The fraction of sp³-hybridized carbons (Fsp3) is 0.677. The van der Waals surface area contributed by atoms with Crippen molar-refractivity contribution in [3.8, 4) is 0 Å². The quantitative estimate of drug-likeness (QED) is 0.0103. The molecule has 18 nitrogen and oxygen atoms in total. The predicted molar refractivity (Wildman–Crippen MR) is 479 cm³/mol. The summed E-state index contributed by atoms with van der Waals surface area (Å²) in [6.45, 7) is 24.2. The van der Waals surface area contributed by atoms with E-state index in [1.165, 1.54) is 184 Å². The van der Waals surface area contributed by atoms with Gasteiger partial charge in [-0.05, 0) is 204 Å². The molecule has 0 aromatic heterocycles. The van der Waals surface area contributed by atoms with Gasteiger partial charge in [0.2, 0.25) is 0 Å². The third-order valence-corrected chi connectivity index (χ3v) is 22.8. The summed E-state index contributed by atoms with van der Waals surface area (Å²) >= 11 is 13.8. The Morgan fingerprint density at radius 3 is 0.983 bits per heavy atom. The van der Waals surface area contributed by atoms with E-state index in [-0.39, 0.29) is 118 Å². The van der Waals surface area contributed by atoms with E-state index in [1.54, 1.807) is 0 Å². The van der Waals surface area contributed by atoms with Crippen molar-refractivity contribution < 1.29 is 87.7 Å². The largest absolute Gasteiger partial charge is 0.461 e. The molecule has 0 bridgehead atoms. The van der Waals surface area contributed by atoms with Gasteiger partial charge in [0.25, 0.3) is 0 Å². The third kappa shape index (κ3) is 43.9. The van der Waals surface area contributed by atoms with Crippen LogP contribution in [0.4, 0.5) is 0 Å². The summed E-state index contributed by atoms with van der Waals surface area (Å²) in [6.07, 6.45) is 39.7. The normalized spacial score (nSPS) is 21.3. The third-order valence-electron chi connectivity index (χ3n) is 22.8. The lowest BCUT2D eigenvalue weighted by Crippen LogP contribution is -2.26. The molecule has 3 aliphatic heterocycles. The molecule has 5 unspecified atom stereocenters. The molecule has 3 aromatic rings. The van der Waals surface area contributed by atoms with Gasteiger partial charge in [0.15, 0.2) is 31.4 Å². The molecule has 0 radical (unpaired) electrons. The summed E-state index contributed by atoms with van der Waals surface area (Å²) in [5.41, 5.74) is 7.32. The van der Waals surface area contributed by atoms with Crippen LogP contribution in [0.25, 0.3) is 0 Å². The van der Waals surface area contributed by atoms with Crippen molar-refractivity contribution >= 4 is 74.8 Å². The van der Waals surface area contributed by atoms with E-state index < -0.39 is 50.0 Å². The minimum Gasteiger partial charge on any atom is -0.461 e. The molecule has 0 spiro atoms. The van der Waals surface area contributed by atoms with Crippen LogP contribution in [0.2, 0.25) is 0 Å². The number of halogens is 2. The highest BCUT2D eigenvalue weighted by Gasteiger charge is 2.29. The van der Waals surface area contributed by atoms with Crippen LogP contribution in [0.5, 0.6) is 0 Å². The van der Waals surface area contributed by atoms with Crippen molar-refractivity contribution in [2.75, 3.05) is 91.2 Å². The van der Waals surface area contributed by atoms with E-state index in [0.717, 1.165) is 79.6 Å². The molecule has 23 heteroatoms. The molecule has 6 aliphatic rings. The maximum absolute atomic E-state index is 12.8. The van der Waals surface area contributed by atoms with E-state index in [0.29, 0.717) is 37.1 Å². The van der Waals surface area contributed by atoms with Gasteiger partial charge in [0, 0.05) is 25.7 Å². The van der Waals surface area contributed by atoms with E-state index in [9.17, 15) is 29.4 Å². The van der Waals surface area contributed by atoms with Gasteiger partial charge in [-0.25, -0.2) is 19.2 Å². The van der Waals surface area contributed by atoms with Gasteiger partial charge in [0.1, 0.15) is 26.4 Å². The van der Waals surface area contributed by atoms with Crippen molar-refractivity contribution in [2.24, 2.45) is 17.8 Å². The van der Waals surface area contributed by atoms with Gasteiger partial charge in [-0.3, -0.25) is 0 Å². The van der Waals surface area contributed by atoms with E-state index >= 15 is 0 Å². The highest BCUT2D eigenvalue weighted by Crippen LogP contribution is 2.41. The van der Waals surface area contributed by atoms with E-state index in [1.807, 2.05) is 12.1 Å². The summed E-state index contributed by atoms with van der Waals surface area (Å²) in [7, 11) is 2.20. The zero-order valence-electron chi connectivity index (χ0n) is 71.0. The SMILES string of the molecule is C.C=C(CO)C(=O)OCC(COC(=O)C(=C)CO)c1ccc(C2CCC(CCCCC)CC2)cc1.C=C(COC1CCCCO1)C(=O)OCC(COC(=O)C(=C)COC1CCCCO1)c1ccc(C2CCC(CCCCC)CC2)cc1.CC1CCCO1.CCCCCC1CCC(c2ccc(C(CO)CO)cc2)CC1.ClCCl.O.[3H][P+](P)=S. The monoisotopic (exact) mass is 1720 g/mol. The van der Waals surface area contributed by atoms with Gasteiger partial charge in [-0.15, -0.1) is 23.2 Å². The van der Waals surface area contributed by atoms with Crippen LogP contribution in [0, 0.1) is 17.8 Å². The first kappa shape index (κ1) is 106. The summed E-state index contributed by atoms with van der Waals surface area (Å²) in [6, 6.07) is 25.3. The second kappa shape index (κ2) is 66.3. The molecule has 658 valence electrons. The lowest BCUT2D eigenvalue weighted by atomic mass is 9.77. The maximum atomic E-state index is 12.8. The Morgan fingerprint density at radius 2 is 0.750 bits per heavy atom. The Labute approximate surface area is 718 Å². The molecule has 3 aromatic carbocycles. The fourth-order valence-electron chi connectivity index (χ4n) is 15.4. The zero-order valence-corrected chi connectivity index (χ0v) is 74.4. The van der Waals surface area contributed by atoms with E-state index in [2.05, 4.69) is 135 Å². The number of rotatable bonds is 40. The Balaban J connectivity index is 0.000000571. The molecule has 6 N–H and O–H groups in total. The molecule has 6 fully saturated rings. The van der Waals surface area contributed by atoms with Crippen LogP contribution >= 0.6 is 39.1 Å². The maximum Gasteiger partial charge on any atom is 0.355 e. The van der Waals surface area contributed by atoms with Gasteiger partial charge in [-0.1, -0.05) is 204 Å². The first-order valence-corrected chi connectivity index (χ1v) is 47.3. The number of unbranched alkanes of at least 4 members (excludes halogenated alkanes) is 6. The number of hydrogen-bond acceptors (Lipinski definition) is 18. The summed E-state index contributed by atoms with van der Waals surface area (Å²) < 4.78 is 56.0. The number of carbonyl (C=O) groups is 4. The van der Waals surface area contributed by atoms with Crippen molar-refractivity contribution in [1.29, 1.82) is 1.28 Å². The van der Waals surface area contributed by atoms with Crippen LogP contribution in [0.3, 0.4) is 0 Å². The molecular formula is C93H149Cl2O18P2S+. The second-order valence-electron chi connectivity index (χ2n) is 31.5. The van der Waals surface area contributed by atoms with Gasteiger partial charge < -0.3 is 68.5 Å². The Hall–Kier alpha value is -4.37. The first-order chi connectivity index (χ1) is 55.6. The summed E-state index contributed by atoms with van der Waals surface area (Å²) in [4.78, 5) is 49.5. The number of alkyl halides is 2. The van der Waals surface area contributed by atoms with Gasteiger partial charge in [-0.2, -0.15) is 0 Å². The summed E-state index contributed by atoms with van der Waals surface area (Å²) in [5.74, 6) is 1.17. The predicted octanol–water partition coefficient (Wildman–Crippen LogP) is 20.7. The molecule has 0 amide bonds. The highest BCUT2D eigenvalue weighted by molar-refractivity contribution is 8.24. The summed E-state index contributed by atoms with van der Waals surface area (Å²) in [5, 5.41) is 36.9. The number of ether oxygens (including phenoxy) is 9. The average Bonchev–Trinajstić information content (AvgIpc) is 0.870. The average molecular weight is 1720 g/mol. The molecule has 3 aliphatic carbocycles. The lowest BCUT2D eigenvalue weighted by Gasteiger charge is -2.29. The number of benzene rings is 3. The number of esters is 4. The van der Waals surface area contributed by atoms with E-state index in [4.69, 9.17) is 77.3 Å². The van der Waals surface area contributed by atoms with Crippen LogP contribution in [-0.4, -0.2) is 161 Å². The molecule has 5 atom stereocenters. The number of aliphatic hydroxyl groups is 4. The number of carbonyl (C=O) groups excluding carboxylic acids is 4. The molecule has 3 saturated carbocycles. The second-order valence-corrected chi connectivity index (χ2v) is 35.0. The van der Waals surface area contributed by atoms with Gasteiger partial charge >= 0.3 is 25.2 Å². The minimum atomic E-state index is -0.870. The fourth-order valence-corrected chi connectivity index (χ4v) is 15.4. The van der Waals surface area contributed by atoms with Crippen LogP contribution in [-0.2, 0) is 73.6 Å². The molecule has 3 saturated heterocycles. The standard InChI is InChI=1S/C38H56O8.C28H40O6.C20H32O2.C5H10O.CH2Cl2.CH4.H2O.H2P2S/c1-4-5-6-11-30-14-16-31(17-15-30)32-18-20-33(21-19-32)34(26-45-37(39)28(2)24-43-35-12-7-9-22-41-35)27-46-38(40)29(3)25-44-36-13-8-10-23-42-36;1-4-5-6-7-22-8-10-23(11-9-22)24-12-14-25(15-13-24)26(18-33-27(31)20(2)16-29)19-34-28(32)21(3)17-30;1-2-3-4-5-16-6-8-17(9-7-16)18-10-12-19(13-11-18)20(14-21)15-22;1-5-3-2-4-6-5;2-1-3;;;1-2-3/h18-21,30-31,34-36H,2-17,22-27H2,1H3;12-15,22-23,26,29-30H,2-11,16-19H2,1H3;10-13,16-17,20-22H,2-9,14-15H2,1H3;5H,2-4H2,1H3;1H2;1H4;1H2;1H2/p+1/i/hT. The molecular weight excluding hydrogens is 1570 g/mol. The lowest BCUT2D eigenvalue weighted by molar-refractivity contribution is -0.161. The highest BCUT2D eigenvalue weighted by atomic mass is 35.5. The van der Waals surface area contributed by atoms with Crippen LogP contribution in [0.1, 0.15) is 309 Å².